The van der Waals surface area contributed by atoms with Gasteiger partial charge in [0.1, 0.15) is 17.6 Å². The lowest BCUT2D eigenvalue weighted by Gasteiger charge is -2.04. The molecule has 0 saturated carbocycles. The first-order valence-electron chi connectivity index (χ1n) is 5.61. The van der Waals surface area contributed by atoms with E-state index in [1.165, 1.54) is 24.3 Å². The number of nitrogens with zero attached hydrogens (tertiary/aromatic N) is 1. The van der Waals surface area contributed by atoms with Crippen LogP contribution < -0.4 is 4.74 Å². The Morgan fingerprint density at radius 2 is 1.58 bits per heavy atom. The summed E-state index contributed by atoms with van der Waals surface area (Å²) in [4.78, 5) is 12.1. The molecule has 3 nitrogen and oxygen atoms in total. The Morgan fingerprint density at radius 3 is 2.11 bits per heavy atom. The fraction of sp³-hybridized carbons (Fsp3) is 0.0667. The highest BCUT2D eigenvalue weighted by atomic mass is 19.1. The summed E-state index contributed by atoms with van der Waals surface area (Å²) in [5.41, 5.74) is 0.906. The van der Waals surface area contributed by atoms with Gasteiger partial charge in [-0.05, 0) is 48.5 Å². The summed E-state index contributed by atoms with van der Waals surface area (Å²) in [6, 6.07) is 13.7. The first-order chi connectivity index (χ1) is 9.20. The van der Waals surface area contributed by atoms with Gasteiger partial charge in [-0.1, -0.05) is 0 Å². The van der Waals surface area contributed by atoms with Crippen molar-refractivity contribution in [1.82, 2.24) is 0 Å². The van der Waals surface area contributed by atoms with Gasteiger partial charge in [-0.25, -0.2) is 4.39 Å². The molecule has 0 aliphatic carbocycles. The molecule has 4 heteroatoms. The van der Waals surface area contributed by atoms with Gasteiger partial charge in [-0.2, -0.15) is 5.26 Å². The van der Waals surface area contributed by atoms with Gasteiger partial charge in [0.2, 0.25) is 0 Å². The van der Waals surface area contributed by atoms with E-state index in [0.29, 0.717) is 16.9 Å². The molecule has 0 saturated heterocycles. The maximum atomic E-state index is 12.8. The molecule has 2 aromatic rings. The van der Waals surface area contributed by atoms with Crippen LogP contribution in [0.1, 0.15) is 15.9 Å². The Labute approximate surface area is 109 Å². The Hall–Kier alpha value is -2.67. The SMILES string of the molecule is N#CCOc1ccc(C(=O)c2ccc(F)cc2)cc1. The summed E-state index contributed by atoms with van der Waals surface area (Å²) in [5, 5.41) is 8.38. The highest BCUT2D eigenvalue weighted by Crippen LogP contribution is 2.15. The van der Waals surface area contributed by atoms with Crippen LogP contribution >= 0.6 is 0 Å². The molecule has 0 fully saturated rings. The van der Waals surface area contributed by atoms with E-state index in [4.69, 9.17) is 10.00 Å². The van der Waals surface area contributed by atoms with Crippen LogP contribution in [-0.4, -0.2) is 12.4 Å². The number of nitriles is 1. The lowest BCUT2D eigenvalue weighted by Crippen LogP contribution is -2.01. The molecule has 0 spiro atoms. The average Bonchev–Trinajstić information content (AvgIpc) is 2.46. The lowest BCUT2D eigenvalue weighted by molar-refractivity contribution is 0.103. The molecule has 19 heavy (non-hydrogen) atoms. The number of carbonyl (C=O) groups is 1. The second kappa shape index (κ2) is 5.78. The van der Waals surface area contributed by atoms with Crippen LogP contribution in [0.25, 0.3) is 0 Å². The van der Waals surface area contributed by atoms with Crippen LogP contribution in [0.5, 0.6) is 5.75 Å². The Bertz CT molecular complexity index is 612. The molecular weight excluding hydrogens is 245 g/mol. The summed E-state index contributed by atoms with van der Waals surface area (Å²) in [6.07, 6.45) is 0. The van der Waals surface area contributed by atoms with Crippen molar-refractivity contribution in [1.29, 1.82) is 5.26 Å². The van der Waals surface area contributed by atoms with Crippen LogP contribution in [0.2, 0.25) is 0 Å². The molecule has 0 aromatic heterocycles. The number of halogens is 1. The Morgan fingerprint density at radius 1 is 1.05 bits per heavy atom. The number of hydrogen-bond donors (Lipinski definition) is 0. The highest BCUT2D eigenvalue weighted by Gasteiger charge is 2.09. The van der Waals surface area contributed by atoms with E-state index in [1.54, 1.807) is 24.3 Å². The predicted molar refractivity (Wildman–Crippen MR) is 67.4 cm³/mol. The second-order valence-electron chi connectivity index (χ2n) is 3.81. The van der Waals surface area contributed by atoms with Crippen molar-refractivity contribution in [2.75, 3.05) is 6.61 Å². The zero-order chi connectivity index (χ0) is 13.7. The van der Waals surface area contributed by atoms with E-state index in [-0.39, 0.29) is 18.2 Å². The van der Waals surface area contributed by atoms with Crippen LogP contribution in [0, 0.1) is 17.1 Å². The van der Waals surface area contributed by atoms with Gasteiger partial charge >= 0.3 is 0 Å². The summed E-state index contributed by atoms with van der Waals surface area (Å²) in [7, 11) is 0. The third kappa shape index (κ3) is 3.17. The monoisotopic (exact) mass is 255 g/mol. The van der Waals surface area contributed by atoms with Gasteiger partial charge in [0.05, 0.1) is 0 Å². The maximum Gasteiger partial charge on any atom is 0.193 e. The molecular formula is C15H10FNO2. The highest BCUT2D eigenvalue weighted by molar-refractivity contribution is 6.08. The van der Waals surface area contributed by atoms with Crippen molar-refractivity contribution in [3.05, 3.63) is 65.5 Å². The fourth-order valence-corrected chi connectivity index (χ4v) is 1.59. The zero-order valence-electron chi connectivity index (χ0n) is 9.97. The van der Waals surface area contributed by atoms with Crippen molar-refractivity contribution in [2.45, 2.75) is 0 Å². The minimum atomic E-state index is -0.378. The molecule has 0 radical (unpaired) electrons. The fourth-order valence-electron chi connectivity index (χ4n) is 1.59. The topological polar surface area (TPSA) is 50.1 Å². The summed E-state index contributed by atoms with van der Waals surface area (Å²) >= 11 is 0. The predicted octanol–water partition coefficient (Wildman–Crippen LogP) is 2.96. The van der Waals surface area contributed by atoms with Gasteiger partial charge < -0.3 is 4.74 Å². The third-order valence-corrected chi connectivity index (χ3v) is 2.53. The second-order valence-corrected chi connectivity index (χ2v) is 3.81. The Kier molecular flexibility index (Phi) is 3.89. The molecule has 0 N–H and O–H groups in total. The van der Waals surface area contributed by atoms with Gasteiger partial charge in [-0.3, -0.25) is 4.79 Å². The van der Waals surface area contributed by atoms with Gasteiger partial charge in [0, 0.05) is 11.1 Å². The van der Waals surface area contributed by atoms with E-state index in [0.717, 1.165) is 0 Å². The number of hydrogen-bond acceptors (Lipinski definition) is 3. The molecule has 2 aromatic carbocycles. The molecule has 0 atom stereocenters. The van der Waals surface area contributed by atoms with Crippen molar-refractivity contribution in [3.8, 4) is 11.8 Å². The first kappa shape index (κ1) is 12.8. The molecule has 0 aliphatic rings. The molecule has 0 unspecified atom stereocenters. The number of ketones is 1. The Balaban J connectivity index is 2.16. The summed E-state index contributed by atoms with van der Waals surface area (Å²) in [5.74, 6) is -0.0409. The van der Waals surface area contributed by atoms with Gasteiger partial charge in [0.25, 0.3) is 0 Å². The minimum absolute atomic E-state index is 0.0365. The van der Waals surface area contributed by atoms with Crippen molar-refractivity contribution in [3.63, 3.8) is 0 Å². The molecule has 0 amide bonds. The minimum Gasteiger partial charge on any atom is -0.479 e. The molecule has 94 valence electrons. The van der Waals surface area contributed by atoms with E-state index in [1.807, 2.05) is 6.07 Å². The van der Waals surface area contributed by atoms with Gasteiger partial charge in [-0.15, -0.1) is 0 Å². The zero-order valence-corrected chi connectivity index (χ0v) is 9.97. The average molecular weight is 255 g/mol. The summed E-state index contributed by atoms with van der Waals surface area (Å²) < 4.78 is 17.9. The van der Waals surface area contributed by atoms with Gasteiger partial charge in [0.15, 0.2) is 12.4 Å². The largest absolute Gasteiger partial charge is 0.479 e. The van der Waals surface area contributed by atoms with Crippen molar-refractivity contribution in [2.24, 2.45) is 0 Å². The van der Waals surface area contributed by atoms with E-state index < -0.39 is 0 Å². The van der Waals surface area contributed by atoms with Crippen LogP contribution in [0.15, 0.2) is 48.5 Å². The lowest BCUT2D eigenvalue weighted by atomic mass is 10.0. The molecule has 0 aliphatic heterocycles. The van der Waals surface area contributed by atoms with E-state index >= 15 is 0 Å². The van der Waals surface area contributed by atoms with E-state index in [2.05, 4.69) is 0 Å². The standard InChI is InChI=1S/C15H10FNO2/c16-13-5-1-11(2-6-13)15(18)12-3-7-14(8-4-12)19-10-9-17/h1-8H,10H2. The van der Waals surface area contributed by atoms with Crippen LogP contribution in [-0.2, 0) is 0 Å². The third-order valence-electron chi connectivity index (χ3n) is 2.53. The first-order valence-corrected chi connectivity index (χ1v) is 5.61. The molecule has 0 heterocycles. The quantitative estimate of drug-likeness (QED) is 0.789. The van der Waals surface area contributed by atoms with Crippen LogP contribution in [0.3, 0.4) is 0 Å². The smallest absolute Gasteiger partial charge is 0.193 e. The van der Waals surface area contributed by atoms with Crippen molar-refractivity contribution >= 4 is 5.78 Å². The van der Waals surface area contributed by atoms with Crippen molar-refractivity contribution < 1.29 is 13.9 Å². The normalized spacial score (nSPS) is 9.68. The molecule has 0 bridgehead atoms. The number of ether oxygens (including phenoxy) is 1. The maximum absolute atomic E-state index is 12.8. The number of carbonyl (C=O) groups excluding carboxylic acids is 1. The number of benzene rings is 2. The van der Waals surface area contributed by atoms with E-state index in [9.17, 15) is 9.18 Å². The van der Waals surface area contributed by atoms with Crippen LogP contribution in [0.4, 0.5) is 4.39 Å². The number of rotatable bonds is 4. The summed E-state index contributed by atoms with van der Waals surface area (Å²) in [6.45, 7) is -0.0365. The molecule has 2 rings (SSSR count).